The summed E-state index contributed by atoms with van der Waals surface area (Å²) >= 11 is 0. The number of nitrogens with one attached hydrogen (secondary N) is 1. The maximum atomic E-state index is 11.7. The van der Waals surface area contributed by atoms with Crippen LogP contribution in [0.4, 0.5) is 0 Å². The van der Waals surface area contributed by atoms with Crippen LogP contribution in [0.2, 0.25) is 0 Å². The minimum absolute atomic E-state index is 0.0170. The average Bonchev–Trinajstić information content (AvgIpc) is 3.08. The van der Waals surface area contributed by atoms with Crippen molar-refractivity contribution in [3.05, 3.63) is 0 Å². The summed E-state index contributed by atoms with van der Waals surface area (Å²) in [5.74, 6) is -1.35. The highest BCUT2D eigenvalue weighted by atomic mass is 16.8. The summed E-state index contributed by atoms with van der Waals surface area (Å²) in [7, 11) is 0. The minimum Gasteiger partial charge on any atom is -0.348 e. The lowest BCUT2D eigenvalue weighted by atomic mass is 9.99. The molecular weight excluding hydrogens is 290 g/mol. The Bertz CT molecular complexity index is 506. The highest BCUT2D eigenvalue weighted by Gasteiger charge is 2.67. The molecule has 7 heteroatoms. The van der Waals surface area contributed by atoms with Crippen LogP contribution in [0.5, 0.6) is 0 Å². The summed E-state index contributed by atoms with van der Waals surface area (Å²) in [5, 5.41) is 2.95. The fourth-order valence-corrected chi connectivity index (χ4v) is 3.89. The van der Waals surface area contributed by atoms with E-state index in [1.165, 1.54) is 0 Å². The number of rotatable bonds is 1. The lowest BCUT2D eigenvalue weighted by Crippen LogP contribution is -2.52. The van der Waals surface area contributed by atoms with Crippen molar-refractivity contribution in [1.29, 1.82) is 0 Å². The van der Waals surface area contributed by atoms with Crippen LogP contribution in [0.1, 0.15) is 40.5 Å². The molecule has 4 aliphatic rings. The zero-order valence-corrected chi connectivity index (χ0v) is 13.4. The largest absolute Gasteiger partial charge is 0.348 e. The Morgan fingerprint density at radius 3 is 2.36 bits per heavy atom. The molecule has 0 radical (unpaired) electrons. The van der Waals surface area contributed by atoms with Gasteiger partial charge in [0.2, 0.25) is 5.91 Å². The number of carbonyl (C=O) groups excluding carboxylic acids is 1. The van der Waals surface area contributed by atoms with Crippen LogP contribution < -0.4 is 5.32 Å². The van der Waals surface area contributed by atoms with Gasteiger partial charge >= 0.3 is 0 Å². The van der Waals surface area contributed by atoms with Crippen LogP contribution in [0.25, 0.3) is 0 Å². The molecule has 4 heterocycles. The predicted molar refractivity (Wildman–Crippen MR) is 73.7 cm³/mol. The number of amides is 1. The van der Waals surface area contributed by atoms with Gasteiger partial charge in [0, 0.05) is 12.8 Å². The van der Waals surface area contributed by atoms with E-state index in [0.717, 1.165) is 0 Å². The molecule has 1 amide bonds. The van der Waals surface area contributed by atoms with Gasteiger partial charge in [-0.3, -0.25) is 4.79 Å². The van der Waals surface area contributed by atoms with E-state index in [-0.39, 0.29) is 30.3 Å². The van der Waals surface area contributed by atoms with Crippen LogP contribution >= 0.6 is 0 Å². The summed E-state index contributed by atoms with van der Waals surface area (Å²) in [5.41, 5.74) is -0.809. The summed E-state index contributed by atoms with van der Waals surface area (Å²) in [6.45, 7) is 7.95. The van der Waals surface area contributed by atoms with Crippen molar-refractivity contribution in [2.45, 2.75) is 82.3 Å². The molecule has 22 heavy (non-hydrogen) atoms. The van der Waals surface area contributed by atoms with Crippen LogP contribution in [0.3, 0.4) is 0 Å². The third-order valence-corrected chi connectivity index (χ3v) is 4.73. The van der Waals surface area contributed by atoms with Gasteiger partial charge in [-0.25, -0.2) is 0 Å². The summed E-state index contributed by atoms with van der Waals surface area (Å²) < 4.78 is 29.9. The smallest absolute Gasteiger partial charge is 0.222 e. The number of hydrogen-bond donors (Lipinski definition) is 1. The molecule has 0 unspecified atom stereocenters. The quantitative estimate of drug-likeness (QED) is 0.766. The highest BCUT2D eigenvalue weighted by Crippen LogP contribution is 2.48. The van der Waals surface area contributed by atoms with Crippen LogP contribution in [0.15, 0.2) is 0 Å². The maximum Gasteiger partial charge on any atom is 0.222 e. The zero-order chi connectivity index (χ0) is 15.8. The standard InChI is InChI=1S/C15H23NO6/c1-13(2)18-7-8(19-13)10-11-12(22-14(3,4)20-11)15(21-10)6-5-9(17)16-15/h8,10-12H,5-7H2,1-4H3,(H,16,17)/t8-,10-,11+,12+,15+/m1/s1. The van der Waals surface area contributed by atoms with Crippen molar-refractivity contribution >= 4 is 5.91 Å². The Kier molecular flexibility index (Phi) is 2.98. The van der Waals surface area contributed by atoms with Gasteiger partial charge < -0.3 is 29.0 Å². The van der Waals surface area contributed by atoms with Crippen LogP contribution in [-0.4, -0.2) is 54.2 Å². The van der Waals surface area contributed by atoms with Gasteiger partial charge in [-0.15, -0.1) is 0 Å². The zero-order valence-electron chi connectivity index (χ0n) is 13.4. The molecule has 4 rings (SSSR count). The SMILES string of the molecule is CC1(C)OC[C@H]([C@H]2O[C@@]3(CCC(=O)N3)[C@H]3OC(C)(C)O[C@@H]23)O1. The molecule has 7 nitrogen and oxygen atoms in total. The van der Waals surface area contributed by atoms with Crippen LogP contribution in [-0.2, 0) is 28.5 Å². The van der Waals surface area contributed by atoms with Crippen molar-refractivity contribution in [3.8, 4) is 0 Å². The maximum absolute atomic E-state index is 11.7. The lowest BCUT2D eigenvalue weighted by Gasteiger charge is -2.32. The molecule has 4 aliphatic heterocycles. The van der Waals surface area contributed by atoms with Gasteiger partial charge in [0.15, 0.2) is 17.3 Å². The monoisotopic (exact) mass is 313 g/mol. The second-order valence-corrected chi connectivity index (χ2v) is 7.41. The molecule has 0 aromatic carbocycles. The van der Waals surface area contributed by atoms with Gasteiger partial charge in [-0.2, -0.15) is 0 Å². The number of hydrogen-bond acceptors (Lipinski definition) is 6. The first-order valence-corrected chi connectivity index (χ1v) is 7.86. The molecule has 1 N–H and O–H groups in total. The van der Waals surface area contributed by atoms with E-state index in [9.17, 15) is 4.79 Å². The van der Waals surface area contributed by atoms with E-state index in [4.69, 9.17) is 23.7 Å². The molecule has 4 saturated heterocycles. The Hall–Kier alpha value is -0.730. The first-order valence-electron chi connectivity index (χ1n) is 7.86. The summed E-state index contributed by atoms with van der Waals surface area (Å²) in [6.07, 6.45) is -0.154. The van der Waals surface area contributed by atoms with Crippen molar-refractivity contribution in [2.24, 2.45) is 0 Å². The third kappa shape index (κ3) is 2.18. The van der Waals surface area contributed by atoms with E-state index in [1.54, 1.807) is 0 Å². The number of fused-ring (bicyclic) bond motifs is 2. The molecule has 1 spiro atoms. The normalized spacial score (nSPS) is 48.8. The van der Waals surface area contributed by atoms with Gasteiger partial charge in [0.1, 0.15) is 24.4 Å². The minimum atomic E-state index is -0.809. The molecule has 0 saturated carbocycles. The second kappa shape index (κ2) is 4.42. The van der Waals surface area contributed by atoms with E-state index in [1.807, 2.05) is 27.7 Å². The number of carbonyl (C=O) groups is 1. The van der Waals surface area contributed by atoms with Crippen LogP contribution in [0, 0.1) is 0 Å². The van der Waals surface area contributed by atoms with E-state index in [2.05, 4.69) is 5.32 Å². The molecule has 0 aromatic heterocycles. The van der Waals surface area contributed by atoms with Crippen molar-refractivity contribution in [3.63, 3.8) is 0 Å². The van der Waals surface area contributed by atoms with Gasteiger partial charge in [-0.1, -0.05) is 0 Å². The lowest BCUT2D eigenvalue weighted by molar-refractivity contribution is -0.229. The predicted octanol–water partition coefficient (Wildman–Crippen LogP) is 0.663. The molecule has 124 valence electrons. The van der Waals surface area contributed by atoms with E-state index >= 15 is 0 Å². The fourth-order valence-electron chi connectivity index (χ4n) is 3.89. The molecule has 0 bridgehead atoms. The van der Waals surface area contributed by atoms with Gasteiger partial charge in [0.05, 0.1) is 6.61 Å². The average molecular weight is 313 g/mol. The highest BCUT2D eigenvalue weighted by molar-refractivity contribution is 5.79. The number of ether oxygens (including phenoxy) is 5. The molecule has 0 aromatic rings. The van der Waals surface area contributed by atoms with E-state index < -0.39 is 17.3 Å². The molecule has 5 atom stereocenters. The Labute approximate surface area is 129 Å². The molecular formula is C15H23NO6. The second-order valence-electron chi connectivity index (χ2n) is 7.41. The first kappa shape index (κ1) is 14.8. The molecule has 4 fully saturated rings. The van der Waals surface area contributed by atoms with Gasteiger partial charge in [0.25, 0.3) is 0 Å². The van der Waals surface area contributed by atoms with Crippen molar-refractivity contribution in [2.75, 3.05) is 6.61 Å². The topological polar surface area (TPSA) is 75.3 Å². The van der Waals surface area contributed by atoms with E-state index in [0.29, 0.717) is 19.4 Å². The Morgan fingerprint density at radius 2 is 1.77 bits per heavy atom. The van der Waals surface area contributed by atoms with Crippen molar-refractivity contribution in [1.82, 2.24) is 5.32 Å². The van der Waals surface area contributed by atoms with Gasteiger partial charge in [-0.05, 0) is 27.7 Å². The molecule has 0 aliphatic carbocycles. The summed E-state index contributed by atoms with van der Waals surface area (Å²) in [6, 6.07) is 0. The third-order valence-electron chi connectivity index (χ3n) is 4.73. The Morgan fingerprint density at radius 1 is 1.00 bits per heavy atom. The first-order chi connectivity index (χ1) is 10.2. The fraction of sp³-hybridized carbons (Fsp3) is 0.933. The van der Waals surface area contributed by atoms with Crippen molar-refractivity contribution < 1.29 is 28.5 Å². The summed E-state index contributed by atoms with van der Waals surface area (Å²) in [4.78, 5) is 11.7. The Balaban J connectivity index is 1.62.